The summed E-state index contributed by atoms with van der Waals surface area (Å²) in [4.78, 5) is 12.8. The van der Waals surface area contributed by atoms with Crippen molar-refractivity contribution in [3.8, 4) is 0 Å². The number of carbonyl (C=O) groups is 1. The molecule has 0 unspecified atom stereocenters. The van der Waals surface area contributed by atoms with Crippen LogP contribution in [0, 0.1) is 29.6 Å². The van der Waals surface area contributed by atoms with Gasteiger partial charge < -0.3 is 11.1 Å². The van der Waals surface area contributed by atoms with Crippen molar-refractivity contribution in [3.63, 3.8) is 0 Å². The number of nitrogen functional groups attached to an aromatic ring is 1. The second-order valence-electron chi connectivity index (χ2n) is 7.18. The van der Waals surface area contributed by atoms with E-state index in [9.17, 15) is 4.79 Å². The van der Waals surface area contributed by atoms with Crippen molar-refractivity contribution in [3.05, 3.63) is 22.7 Å². The highest BCUT2D eigenvalue weighted by atomic mass is 79.9. The number of nitrogens with two attached hydrogens (primary N) is 1. The van der Waals surface area contributed by atoms with Crippen molar-refractivity contribution in [2.45, 2.75) is 32.1 Å². The molecule has 4 fully saturated rings. The fourth-order valence-electron chi connectivity index (χ4n) is 5.22. The quantitative estimate of drug-likeness (QED) is 0.792. The summed E-state index contributed by atoms with van der Waals surface area (Å²) in [7, 11) is 0. The number of anilines is 2. The number of benzene rings is 1. The van der Waals surface area contributed by atoms with Crippen LogP contribution in [0.25, 0.3) is 0 Å². The van der Waals surface area contributed by atoms with Gasteiger partial charge in [-0.05, 0) is 74.0 Å². The zero-order valence-electron chi connectivity index (χ0n) is 12.0. The van der Waals surface area contributed by atoms with Gasteiger partial charge in [-0.15, -0.1) is 0 Å². The predicted molar refractivity (Wildman–Crippen MR) is 87.7 cm³/mol. The van der Waals surface area contributed by atoms with E-state index in [0.29, 0.717) is 17.5 Å². The zero-order chi connectivity index (χ0) is 14.6. The van der Waals surface area contributed by atoms with Crippen LogP contribution in [0.3, 0.4) is 0 Å². The third-order valence-electron chi connectivity index (χ3n) is 5.80. The number of hydrogen-bond donors (Lipinski definition) is 2. The lowest BCUT2D eigenvalue weighted by molar-refractivity contribution is -0.132. The molecule has 1 aromatic carbocycles. The highest BCUT2D eigenvalue weighted by molar-refractivity contribution is 9.10. The maximum absolute atomic E-state index is 12.8. The minimum absolute atomic E-state index is 0.192. The summed E-state index contributed by atoms with van der Waals surface area (Å²) in [6, 6.07) is 5.64. The maximum atomic E-state index is 12.8. The number of hydrogen-bond acceptors (Lipinski definition) is 2. The molecule has 5 rings (SSSR count). The minimum Gasteiger partial charge on any atom is -0.397 e. The SMILES string of the molecule is Nc1cc(Br)ccc1NC(=O)C1C2CC3CC(C2)CC1C3. The molecule has 0 radical (unpaired) electrons. The van der Waals surface area contributed by atoms with E-state index in [2.05, 4.69) is 21.2 Å². The zero-order valence-corrected chi connectivity index (χ0v) is 13.6. The summed E-state index contributed by atoms with van der Waals surface area (Å²) < 4.78 is 0.938. The van der Waals surface area contributed by atoms with Crippen LogP contribution in [0.15, 0.2) is 22.7 Å². The van der Waals surface area contributed by atoms with Gasteiger partial charge in [0.1, 0.15) is 0 Å². The molecule has 0 heterocycles. The van der Waals surface area contributed by atoms with Crippen LogP contribution in [-0.2, 0) is 4.79 Å². The van der Waals surface area contributed by atoms with E-state index in [1.165, 1.54) is 32.1 Å². The number of amides is 1. The van der Waals surface area contributed by atoms with Crippen LogP contribution in [0.1, 0.15) is 32.1 Å². The normalized spacial score (nSPS) is 36.7. The molecule has 4 aliphatic rings. The summed E-state index contributed by atoms with van der Waals surface area (Å²) in [5.41, 5.74) is 7.37. The first-order valence-electron chi connectivity index (χ1n) is 7.96. The van der Waals surface area contributed by atoms with Gasteiger partial charge in [0, 0.05) is 10.4 Å². The Labute approximate surface area is 133 Å². The Balaban J connectivity index is 1.52. The Morgan fingerprint density at radius 1 is 1.10 bits per heavy atom. The van der Waals surface area contributed by atoms with Crippen molar-refractivity contribution in [1.29, 1.82) is 0 Å². The first-order chi connectivity index (χ1) is 10.1. The molecule has 21 heavy (non-hydrogen) atoms. The van der Waals surface area contributed by atoms with Gasteiger partial charge in [0.2, 0.25) is 5.91 Å². The molecule has 0 atom stereocenters. The number of rotatable bonds is 2. The van der Waals surface area contributed by atoms with Crippen LogP contribution in [0.4, 0.5) is 11.4 Å². The van der Waals surface area contributed by atoms with Gasteiger partial charge in [-0.25, -0.2) is 0 Å². The molecule has 0 aliphatic heterocycles. The molecule has 1 aromatic rings. The molecule has 4 saturated carbocycles. The fraction of sp³-hybridized carbons (Fsp3) is 0.588. The molecule has 0 spiro atoms. The third-order valence-corrected chi connectivity index (χ3v) is 6.29. The molecular formula is C17H21BrN2O. The van der Waals surface area contributed by atoms with Crippen molar-refractivity contribution >= 4 is 33.2 Å². The first-order valence-corrected chi connectivity index (χ1v) is 8.75. The molecule has 4 heteroatoms. The Hall–Kier alpha value is -1.03. The van der Waals surface area contributed by atoms with E-state index in [0.717, 1.165) is 22.0 Å². The van der Waals surface area contributed by atoms with E-state index in [4.69, 9.17) is 5.73 Å². The number of halogens is 1. The third kappa shape index (κ3) is 2.37. The van der Waals surface area contributed by atoms with Crippen LogP contribution < -0.4 is 11.1 Å². The van der Waals surface area contributed by atoms with Gasteiger partial charge in [0.05, 0.1) is 11.4 Å². The molecule has 1 amide bonds. The number of carbonyl (C=O) groups excluding carboxylic acids is 1. The second-order valence-corrected chi connectivity index (χ2v) is 8.09. The van der Waals surface area contributed by atoms with Crippen molar-refractivity contribution < 1.29 is 4.79 Å². The maximum Gasteiger partial charge on any atom is 0.228 e. The lowest BCUT2D eigenvalue weighted by Crippen LogP contribution is -2.49. The van der Waals surface area contributed by atoms with Crippen molar-refractivity contribution in [2.24, 2.45) is 29.6 Å². The van der Waals surface area contributed by atoms with Gasteiger partial charge in [0.15, 0.2) is 0 Å². The molecule has 4 bridgehead atoms. The highest BCUT2D eigenvalue weighted by Crippen LogP contribution is 2.56. The van der Waals surface area contributed by atoms with E-state index in [1.807, 2.05) is 18.2 Å². The molecule has 3 nitrogen and oxygen atoms in total. The largest absolute Gasteiger partial charge is 0.397 e. The van der Waals surface area contributed by atoms with Gasteiger partial charge in [-0.2, -0.15) is 0 Å². The first kappa shape index (κ1) is 13.6. The van der Waals surface area contributed by atoms with Crippen LogP contribution in [0.2, 0.25) is 0 Å². The summed E-state index contributed by atoms with van der Waals surface area (Å²) >= 11 is 3.40. The van der Waals surface area contributed by atoms with Gasteiger partial charge in [-0.1, -0.05) is 15.9 Å². The second kappa shape index (κ2) is 5.01. The van der Waals surface area contributed by atoms with Gasteiger partial charge >= 0.3 is 0 Å². The lowest BCUT2D eigenvalue weighted by atomic mass is 9.51. The Kier molecular flexibility index (Phi) is 3.25. The summed E-state index contributed by atoms with van der Waals surface area (Å²) in [6.07, 6.45) is 6.48. The Bertz CT molecular complexity index is 558. The Morgan fingerprint density at radius 2 is 1.71 bits per heavy atom. The Morgan fingerprint density at radius 3 is 2.29 bits per heavy atom. The van der Waals surface area contributed by atoms with Crippen LogP contribution in [-0.4, -0.2) is 5.91 Å². The molecule has 0 saturated heterocycles. The summed E-state index contributed by atoms with van der Waals surface area (Å²) in [5.74, 6) is 3.41. The van der Waals surface area contributed by atoms with Crippen LogP contribution >= 0.6 is 15.9 Å². The molecule has 112 valence electrons. The van der Waals surface area contributed by atoms with Gasteiger partial charge in [-0.3, -0.25) is 4.79 Å². The van der Waals surface area contributed by atoms with E-state index in [-0.39, 0.29) is 11.8 Å². The van der Waals surface area contributed by atoms with Crippen molar-refractivity contribution in [2.75, 3.05) is 11.1 Å². The lowest BCUT2D eigenvalue weighted by Gasteiger charge is -2.53. The standard InChI is InChI=1S/C17H21BrN2O/c18-13-1-2-15(14(19)8-13)20-17(21)16-11-4-9-3-10(6-11)7-12(16)5-9/h1-2,8-12,16H,3-7,19H2,(H,20,21). The fourth-order valence-corrected chi connectivity index (χ4v) is 5.60. The average molecular weight is 349 g/mol. The van der Waals surface area contributed by atoms with Crippen molar-refractivity contribution in [1.82, 2.24) is 0 Å². The van der Waals surface area contributed by atoms with Gasteiger partial charge in [0.25, 0.3) is 0 Å². The summed E-state index contributed by atoms with van der Waals surface area (Å²) in [5, 5.41) is 3.08. The summed E-state index contributed by atoms with van der Waals surface area (Å²) in [6.45, 7) is 0. The topological polar surface area (TPSA) is 55.1 Å². The van der Waals surface area contributed by atoms with E-state index < -0.39 is 0 Å². The predicted octanol–water partition coefficient (Wildman–Crippen LogP) is 4.04. The smallest absolute Gasteiger partial charge is 0.228 e. The minimum atomic E-state index is 0.192. The average Bonchev–Trinajstić information content (AvgIpc) is 2.40. The molecule has 4 aliphatic carbocycles. The van der Waals surface area contributed by atoms with E-state index >= 15 is 0 Å². The monoisotopic (exact) mass is 348 g/mol. The van der Waals surface area contributed by atoms with E-state index in [1.54, 1.807) is 0 Å². The molecular weight excluding hydrogens is 328 g/mol. The molecule has 3 N–H and O–H groups in total. The van der Waals surface area contributed by atoms with Crippen LogP contribution in [0.5, 0.6) is 0 Å². The highest BCUT2D eigenvalue weighted by Gasteiger charge is 2.50. The molecule has 0 aromatic heterocycles. The number of nitrogens with one attached hydrogen (secondary N) is 1.